The van der Waals surface area contributed by atoms with Crippen molar-refractivity contribution in [3.63, 3.8) is 0 Å². The minimum atomic E-state index is -3.47. The third-order valence-electron chi connectivity index (χ3n) is 3.00. The van der Waals surface area contributed by atoms with Crippen LogP contribution in [0.25, 0.3) is 6.08 Å². The van der Waals surface area contributed by atoms with Crippen molar-refractivity contribution in [3.05, 3.63) is 64.6 Å². The predicted octanol–water partition coefficient (Wildman–Crippen LogP) is 3.01. The molecule has 1 amide bonds. The zero-order chi connectivity index (χ0) is 16.9. The van der Waals surface area contributed by atoms with Crippen molar-refractivity contribution >= 4 is 43.6 Å². The first-order valence-electron chi connectivity index (χ1n) is 6.69. The van der Waals surface area contributed by atoms with Crippen LogP contribution in [0.3, 0.4) is 0 Å². The number of sulfonamides is 1. The number of anilines is 1. The van der Waals surface area contributed by atoms with E-state index >= 15 is 0 Å². The third kappa shape index (κ3) is 5.02. The molecule has 0 spiro atoms. The Labute approximate surface area is 143 Å². The number of amides is 1. The topological polar surface area (TPSA) is 75.3 Å². The standard InChI is InChI=1S/C16H15BrN2O3S/c1-18-23(21,22)15-9-7-14(8-10-15)19-16(20)11-4-12-2-5-13(17)6-3-12/h2-11,18H,1H3,(H,19,20). The molecule has 0 saturated carbocycles. The van der Waals surface area contributed by atoms with E-state index in [0.717, 1.165) is 10.0 Å². The zero-order valence-corrected chi connectivity index (χ0v) is 14.7. The highest BCUT2D eigenvalue weighted by molar-refractivity contribution is 9.10. The van der Waals surface area contributed by atoms with Crippen LogP contribution < -0.4 is 10.0 Å². The molecular weight excluding hydrogens is 380 g/mol. The van der Waals surface area contributed by atoms with Gasteiger partial charge in [-0.2, -0.15) is 0 Å². The van der Waals surface area contributed by atoms with E-state index in [9.17, 15) is 13.2 Å². The van der Waals surface area contributed by atoms with Crippen molar-refractivity contribution in [1.29, 1.82) is 0 Å². The Morgan fingerprint density at radius 3 is 2.22 bits per heavy atom. The number of rotatable bonds is 5. The normalized spacial score (nSPS) is 11.6. The number of hydrogen-bond donors (Lipinski definition) is 2. The number of benzene rings is 2. The highest BCUT2D eigenvalue weighted by atomic mass is 79.9. The monoisotopic (exact) mass is 394 g/mol. The van der Waals surface area contributed by atoms with Gasteiger partial charge in [0.05, 0.1) is 4.90 Å². The largest absolute Gasteiger partial charge is 0.323 e. The Hall–Kier alpha value is -1.96. The summed E-state index contributed by atoms with van der Waals surface area (Å²) < 4.78 is 26.4. The molecular formula is C16H15BrN2O3S. The number of hydrogen-bond acceptors (Lipinski definition) is 3. The summed E-state index contributed by atoms with van der Waals surface area (Å²) in [6, 6.07) is 13.5. The molecule has 0 heterocycles. The van der Waals surface area contributed by atoms with Crippen LogP contribution in [0.2, 0.25) is 0 Å². The molecule has 0 fully saturated rings. The number of carbonyl (C=O) groups excluding carboxylic acids is 1. The van der Waals surface area contributed by atoms with Gasteiger partial charge in [-0.1, -0.05) is 28.1 Å². The van der Waals surface area contributed by atoms with Crippen LogP contribution >= 0.6 is 15.9 Å². The second kappa shape index (κ2) is 7.54. The van der Waals surface area contributed by atoms with E-state index in [4.69, 9.17) is 0 Å². The summed E-state index contributed by atoms with van der Waals surface area (Å²) in [4.78, 5) is 12.0. The lowest BCUT2D eigenvalue weighted by atomic mass is 10.2. The molecule has 0 radical (unpaired) electrons. The Morgan fingerprint density at radius 1 is 1.04 bits per heavy atom. The lowest BCUT2D eigenvalue weighted by Crippen LogP contribution is -2.18. The van der Waals surface area contributed by atoms with E-state index in [2.05, 4.69) is 26.0 Å². The smallest absolute Gasteiger partial charge is 0.248 e. The molecule has 23 heavy (non-hydrogen) atoms. The fraction of sp³-hybridized carbons (Fsp3) is 0.0625. The first kappa shape index (κ1) is 17.4. The number of carbonyl (C=O) groups is 1. The highest BCUT2D eigenvalue weighted by Crippen LogP contribution is 2.14. The minimum absolute atomic E-state index is 0.142. The van der Waals surface area contributed by atoms with Crippen LogP contribution in [0, 0.1) is 0 Å². The van der Waals surface area contributed by atoms with Gasteiger partial charge in [0.25, 0.3) is 0 Å². The molecule has 5 nitrogen and oxygen atoms in total. The predicted molar refractivity (Wildman–Crippen MR) is 94.5 cm³/mol. The molecule has 0 unspecified atom stereocenters. The molecule has 2 aromatic carbocycles. The van der Waals surface area contributed by atoms with E-state index in [1.807, 2.05) is 24.3 Å². The van der Waals surface area contributed by atoms with Gasteiger partial charge in [-0.25, -0.2) is 13.1 Å². The lowest BCUT2D eigenvalue weighted by molar-refractivity contribution is -0.111. The maximum Gasteiger partial charge on any atom is 0.248 e. The summed E-state index contributed by atoms with van der Waals surface area (Å²) in [6.07, 6.45) is 3.11. The van der Waals surface area contributed by atoms with Crippen molar-refractivity contribution in [3.8, 4) is 0 Å². The van der Waals surface area contributed by atoms with Gasteiger partial charge in [0, 0.05) is 16.2 Å². The second-order valence-electron chi connectivity index (χ2n) is 4.61. The van der Waals surface area contributed by atoms with Crippen LogP contribution in [-0.4, -0.2) is 21.4 Å². The van der Waals surface area contributed by atoms with E-state index in [1.54, 1.807) is 6.08 Å². The van der Waals surface area contributed by atoms with Crippen molar-refractivity contribution in [2.75, 3.05) is 12.4 Å². The van der Waals surface area contributed by atoms with Crippen molar-refractivity contribution < 1.29 is 13.2 Å². The summed E-state index contributed by atoms with van der Waals surface area (Å²) in [6.45, 7) is 0. The highest BCUT2D eigenvalue weighted by Gasteiger charge is 2.10. The SMILES string of the molecule is CNS(=O)(=O)c1ccc(NC(=O)C=Cc2ccc(Br)cc2)cc1. The van der Waals surface area contributed by atoms with Crippen LogP contribution in [0.1, 0.15) is 5.56 Å². The lowest BCUT2D eigenvalue weighted by Gasteiger charge is -2.05. The number of halogens is 1. The fourth-order valence-electron chi connectivity index (χ4n) is 1.77. The third-order valence-corrected chi connectivity index (χ3v) is 4.96. The molecule has 0 aliphatic heterocycles. The quantitative estimate of drug-likeness (QED) is 0.765. The fourth-order valence-corrected chi connectivity index (χ4v) is 2.76. The second-order valence-corrected chi connectivity index (χ2v) is 7.41. The summed E-state index contributed by atoms with van der Waals surface area (Å²) in [5.74, 6) is -0.294. The molecule has 2 aromatic rings. The molecule has 0 aliphatic rings. The first-order chi connectivity index (χ1) is 10.9. The van der Waals surface area contributed by atoms with Crippen LogP contribution in [0.5, 0.6) is 0 Å². The average molecular weight is 395 g/mol. The van der Waals surface area contributed by atoms with Gasteiger partial charge in [-0.3, -0.25) is 4.79 Å². The molecule has 0 bridgehead atoms. The first-order valence-corrected chi connectivity index (χ1v) is 8.96. The summed E-state index contributed by atoms with van der Waals surface area (Å²) in [5.41, 5.74) is 1.42. The molecule has 0 aromatic heterocycles. The van der Waals surface area contributed by atoms with E-state index < -0.39 is 10.0 Å². The molecule has 120 valence electrons. The molecule has 0 atom stereocenters. The van der Waals surface area contributed by atoms with Gasteiger partial charge in [0.1, 0.15) is 0 Å². The van der Waals surface area contributed by atoms with Crippen molar-refractivity contribution in [1.82, 2.24) is 4.72 Å². The van der Waals surface area contributed by atoms with Crippen molar-refractivity contribution in [2.24, 2.45) is 0 Å². The zero-order valence-electron chi connectivity index (χ0n) is 12.3. The Kier molecular flexibility index (Phi) is 5.70. The minimum Gasteiger partial charge on any atom is -0.323 e. The van der Waals surface area contributed by atoms with E-state index in [1.165, 1.54) is 37.4 Å². The van der Waals surface area contributed by atoms with Crippen LogP contribution in [-0.2, 0) is 14.8 Å². The maximum absolute atomic E-state index is 11.9. The van der Waals surface area contributed by atoms with Crippen LogP contribution in [0.15, 0.2) is 64.0 Å². The number of nitrogens with one attached hydrogen (secondary N) is 2. The van der Waals surface area contributed by atoms with Gasteiger partial charge in [-0.15, -0.1) is 0 Å². The molecule has 0 aliphatic carbocycles. The van der Waals surface area contributed by atoms with Gasteiger partial charge >= 0.3 is 0 Å². The average Bonchev–Trinajstić information content (AvgIpc) is 2.55. The Bertz CT molecular complexity index is 813. The summed E-state index contributed by atoms with van der Waals surface area (Å²) in [5, 5.41) is 2.67. The molecule has 2 rings (SSSR count). The Balaban J connectivity index is 2.01. The summed E-state index contributed by atoms with van der Waals surface area (Å²) in [7, 11) is -2.13. The molecule has 2 N–H and O–H groups in total. The Morgan fingerprint density at radius 2 is 1.65 bits per heavy atom. The maximum atomic E-state index is 11.9. The molecule has 7 heteroatoms. The van der Waals surface area contributed by atoms with E-state index in [0.29, 0.717) is 5.69 Å². The van der Waals surface area contributed by atoms with Gasteiger partial charge in [0.15, 0.2) is 0 Å². The van der Waals surface area contributed by atoms with Crippen molar-refractivity contribution in [2.45, 2.75) is 4.90 Å². The summed E-state index contributed by atoms with van der Waals surface area (Å²) >= 11 is 3.34. The van der Waals surface area contributed by atoms with Gasteiger partial charge in [0.2, 0.25) is 15.9 Å². The van der Waals surface area contributed by atoms with E-state index in [-0.39, 0.29) is 10.8 Å². The molecule has 0 saturated heterocycles. The van der Waals surface area contributed by atoms with Gasteiger partial charge in [-0.05, 0) is 55.1 Å². The van der Waals surface area contributed by atoms with Gasteiger partial charge < -0.3 is 5.32 Å². The van der Waals surface area contributed by atoms with Crippen LogP contribution in [0.4, 0.5) is 5.69 Å².